The molecule has 0 amide bonds. The molecule has 0 saturated carbocycles. The molecule has 80 valence electrons. The third kappa shape index (κ3) is 9.06. The van der Waals surface area contributed by atoms with Crippen molar-refractivity contribution in [3.8, 4) is 0 Å². The molecular weight excluding hydrogens is 238 g/mol. The molecule has 3 atom stereocenters. The van der Waals surface area contributed by atoms with Gasteiger partial charge >= 0.3 is 0 Å². The number of alkyl halides is 3. The van der Waals surface area contributed by atoms with E-state index < -0.39 is 23.2 Å². The summed E-state index contributed by atoms with van der Waals surface area (Å²) in [4.78, 5) is 0. The lowest BCUT2D eigenvalue weighted by Crippen LogP contribution is -2.27. The van der Waals surface area contributed by atoms with Crippen LogP contribution in [0.1, 0.15) is 20.8 Å². The topological polar surface area (TPSA) is 27.7 Å². The van der Waals surface area contributed by atoms with Crippen LogP contribution in [0.3, 0.4) is 0 Å². The molecule has 0 heterocycles. The first kappa shape index (κ1) is 13.8. The van der Waals surface area contributed by atoms with Gasteiger partial charge in [0.05, 0.1) is 0 Å². The van der Waals surface area contributed by atoms with Gasteiger partial charge in [-0.15, -0.1) is 0 Å². The van der Waals surface area contributed by atoms with Gasteiger partial charge in [0.2, 0.25) is 0 Å². The summed E-state index contributed by atoms with van der Waals surface area (Å²) in [5, 5.41) is 0. The molecule has 0 spiro atoms. The first-order chi connectivity index (χ1) is 5.91. The lowest BCUT2D eigenvalue weighted by molar-refractivity contribution is -0.301. The molecule has 0 N–H and O–H groups in total. The molecule has 13 heavy (non-hydrogen) atoms. The van der Waals surface area contributed by atoms with E-state index in [1.54, 1.807) is 20.8 Å². The second-order valence-electron chi connectivity index (χ2n) is 2.33. The second kappa shape index (κ2) is 7.10. The van der Waals surface area contributed by atoms with Gasteiger partial charge in [-0.2, -0.15) is 0 Å². The van der Waals surface area contributed by atoms with Gasteiger partial charge in [-0.05, 0) is 20.8 Å². The van der Waals surface area contributed by atoms with Crippen molar-refractivity contribution in [1.82, 2.24) is 0 Å². The van der Waals surface area contributed by atoms with Crippen LogP contribution in [0, 0.1) is 0 Å². The second-order valence-corrected chi connectivity index (χ2v) is 4.17. The fourth-order valence-corrected chi connectivity index (χ4v) is 0.808. The summed E-state index contributed by atoms with van der Waals surface area (Å²) < 4.78 is 15.1. The minimum absolute atomic E-state index is 0.532. The van der Waals surface area contributed by atoms with Crippen molar-refractivity contribution in [3.63, 3.8) is 0 Å². The van der Waals surface area contributed by atoms with Crippen LogP contribution in [-0.4, -0.2) is 23.2 Å². The smallest absolute Gasteiger partial charge is 0.275 e. The molecule has 0 saturated heterocycles. The monoisotopic (exact) mass is 250 g/mol. The molecule has 0 aromatic carbocycles. The molecule has 3 unspecified atom stereocenters. The molecule has 0 radical (unpaired) electrons. The molecule has 6 heteroatoms. The normalized spacial score (nSPS) is 20.8. The quantitative estimate of drug-likeness (QED) is 0.536. The molecule has 0 aromatic rings. The van der Waals surface area contributed by atoms with Gasteiger partial charge in [-0.1, -0.05) is 34.8 Å². The van der Waals surface area contributed by atoms with E-state index in [1.807, 2.05) is 0 Å². The van der Waals surface area contributed by atoms with Crippen molar-refractivity contribution in [3.05, 3.63) is 0 Å². The minimum atomic E-state index is -0.938. The Balaban J connectivity index is 3.87. The Labute approximate surface area is 93.2 Å². The van der Waals surface area contributed by atoms with Crippen LogP contribution >= 0.6 is 34.8 Å². The highest BCUT2D eigenvalue weighted by molar-refractivity contribution is 6.20. The number of hydrogen-bond acceptors (Lipinski definition) is 3. The van der Waals surface area contributed by atoms with Crippen LogP contribution in [0.4, 0.5) is 0 Å². The van der Waals surface area contributed by atoms with Crippen LogP contribution in [-0.2, 0) is 14.2 Å². The summed E-state index contributed by atoms with van der Waals surface area (Å²) in [6, 6.07) is 0. The van der Waals surface area contributed by atoms with Crippen molar-refractivity contribution >= 4 is 34.8 Å². The van der Waals surface area contributed by atoms with E-state index in [0.29, 0.717) is 0 Å². The van der Waals surface area contributed by atoms with Crippen LogP contribution in [0.5, 0.6) is 0 Å². The zero-order valence-corrected chi connectivity index (χ0v) is 9.94. The minimum Gasteiger partial charge on any atom is -0.311 e. The Morgan fingerprint density at radius 1 is 0.692 bits per heavy atom. The maximum atomic E-state index is 5.57. The average molecular weight is 252 g/mol. The Kier molecular flexibility index (Phi) is 7.51. The Morgan fingerprint density at radius 3 is 1.08 bits per heavy atom. The lowest BCUT2D eigenvalue weighted by Gasteiger charge is -2.22. The van der Waals surface area contributed by atoms with E-state index in [9.17, 15) is 0 Å². The predicted octanol–water partition coefficient (Wildman–Crippen LogP) is 3.07. The summed E-state index contributed by atoms with van der Waals surface area (Å²) in [5.41, 5.74) is -1.59. The van der Waals surface area contributed by atoms with Gasteiger partial charge in [0.1, 0.15) is 16.7 Å². The molecule has 0 aliphatic carbocycles. The molecule has 0 fully saturated rings. The molecule has 0 bridgehead atoms. The van der Waals surface area contributed by atoms with Crippen molar-refractivity contribution in [2.75, 3.05) is 0 Å². The summed E-state index contributed by atoms with van der Waals surface area (Å²) >= 11 is 16.7. The Bertz CT molecular complexity index is 106. The van der Waals surface area contributed by atoms with Crippen molar-refractivity contribution in [2.24, 2.45) is 0 Å². The van der Waals surface area contributed by atoms with E-state index >= 15 is 0 Å². The lowest BCUT2D eigenvalue weighted by atomic mass is 10.8. The van der Waals surface area contributed by atoms with E-state index in [2.05, 4.69) is 0 Å². The maximum absolute atomic E-state index is 5.57. The third-order valence-corrected chi connectivity index (χ3v) is 1.20. The summed E-state index contributed by atoms with van der Waals surface area (Å²) in [7, 11) is 0. The number of ether oxygens (including phenoxy) is 3. The molecule has 0 aromatic heterocycles. The zero-order chi connectivity index (χ0) is 10.4. The summed E-state index contributed by atoms with van der Waals surface area (Å²) in [6.45, 7) is 3.98. The highest BCUT2D eigenvalue weighted by Crippen LogP contribution is 2.13. The van der Waals surface area contributed by atoms with Gasteiger partial charge in [0.15, 0.2) is 0 Å². The fourth-order valence-electron chi connectivity index (χ4n) is 0.556. The molecular formula is C7H13Cl3O3. The Hall–Kier alpha value is 0.750. The first-order valence-electron chi connectivity index (χ1n) is 3.80. The van der Waals surface area contributed by atoms with Gasteiger partial charge in [0, 0.05) is 0 Å². The van der Waals surface area contributed by atoms with Crippen LogP contribution in [0.2, 0.25) is 0 Å². The maximum Gasteiger partial charge on any atom is 0.275 e. The third-order valence-electron chi connectivity index (χ3n) is 0.896. The van der Waals surface area contributed by atoms with Crippen LogP contribution in [0.15, 0.2) is 0 Å². The van der Waals surface area contributed by atoms with Crippen LogP contribution in [0.25, 0.3) is 0 Å². The van der Waals surface area contributed by atoms with E-state index in [0.717, 1.165) is 0 Å². The predicted molar refractivity (Wildman–Crippen MR) is 53.0 cm³/mol. The van der Waals surface area contributed by atoms with Gasteiger partial charge in [0.25, 0.3) is 6.48 Å². The molecule has 0 aliphatic heterocycles. The van der Waals surface area contributed by atoms with Crippen molar-refractivity contribution in [1.29, 1.82) is 0 Å². The highest BCUT2D eigenvalue weighted by Gasteiger charge is 2.17. The number of hydrogen-bond donors (Lipinski definition) is 0. The van der Waals surface area contributed by atoms with Gasteiger partial charge in [-0.25, -0.2) is 0 Å². The highest BCUT2D eigenvalue weighted by atomic mass is 35.5. The largest absolute Gasteiger partial charge is 0.311 e. The average Bonchev–Trinajstić information content (AvgIpc) is 1.80. The van der Waals surface area contributed by atoms with E-state index in [1.165, 1.54) is 0 Å². The standard InChI is InChI=1S/C7H13Cl3O3/c1-4(8)11-7(12-5(2)9)13-6(3)10/h4-7H,1-3H3. The fraction of sp³-hybridized carbons (Fsp3) is 1.00. The molecule has 0 rings (SSSR count). The first-order valence-corrected chi connectivity index (χ1v) is 5.11. The van der Waals surface area contributed by atoms with Gasteiger partial charge in [-0.3, -0.25) is 0 Å². The Morgan fingerprint density at radius 2 is 0.923 bits per heavy atom. The SMILES string of the molecule is CC(Cl)OC(OC(C)Cl)OC(C)Cl. The van der Waals surface area contributed by atoms with E-state index in [4.69, 9.17) is 49.0 Å². The van der Waals surface area contributed by atoms with E-state index in [-0.39, 0.29) is 0 Å². The van der Waals surface area contributed by atoms with Crippen molar-refractivity contribution < 1.29 is 14.2 Å². The zero-order valence-electron chi connectivity index (χ0n) is 7.67. The number of rotatable bonds is 6. The molecule has 3 nitrogen and oxygen atoms in total. The van der Waals surface area contributed by atoms with Crippen LogP contribution < -0.4 is 0 Å². The van der Waals surface area contributed by atoms with Gasteiger partial charge < -0.3 is 14.2 Å². The summed E-state index contributed by atoms with van der Waals surface area (Å²) in [5.74, 6) is 0. The van der Waals surface area contributed by atoms with Crippen molar-refractivity contribution in [2.45, 2.75) is 43.9 Å². The molecule has 0 aliphatic rings. The summed E-state index contributed by atoms with van der Waals surface area (Å²) in [6.07, 6.45) is 0. The number of halogens is 3.